The molecule has 0 aromatic carbocycles. The maximum Gasteiger partial charge on any atom is 0.408 e. The topological polar surface area (TPSA) is 93.5 Å². The molecule has 24 heavy (non-hydrogen) atoms. The van der Waals surface area contributed by atoms with Crippen LogP contribution in [0.15, 0.2) is 0 Å². The van der Waals surface area contributed by atoms with Crippen LogP contribution in [0.5, 0.6) is 0 Å². The maximum absolute atomic E-state index is 12.5. The smallest absolute Gasteiger partial charge is 0.408 e. The number of carboxylic acids is 1. The highest BCUT2D eigenvalue weighted by molar-refractivity contribution is 5.84. The molecule has 0 aliphatic heterocycles. The monoisotopic (exact) mass is 351 g/mol. The van der Waals surface area contributed by atoms with E-state index >= 15 is 0 Å². The van der Waals surface area contributed by atoms with Gasteiger partial charge in [0.15, 0.2) is 6.10 Å². The lowest BCUT2D eigenvalue weighted by Gasteiger charge is -2.16. The first-order valence-electron chi connectivity index (χ1n) is 7.11. The molecule has 1 rings (SSSR count). The number of aryl methyl sites for hydroxylation is 1. The molecular weight excluding hydrogens is 331 g/mol. The molecule has 0 bridgehead atoms. The Labute approximate surface area is 136 Å². The second kappa shape index (κ2) is 7.65. The highest BCUT2D eigenvalue weighted by Crippen LogP contribution is 2.26. The Hall–Kier alpha value is -2.10. The average molecular weight is 351 g/mol. The van der Waals surface area contributed by atoms with Crippen LogP contribution in [-0.4, -0.2) is 52.7 Å². The minimum atomic E-state index is -4.42. The summed E-state index contributed by atoms with van der Waals surface area (Å²) in [5.41, 5.74) is 0.955. The van der Waals surface area contributed by atoms with E-state index in [4.69, 9.17) is 9.84 Å². The van der Waals surface area contributed by atoms with Crippen molar-refractivity contribution in [1.29, 1.82) is 0 Å². The predicted molar refractivity (Wildman–Crippen MR) is 77.6 cm³/mol. The zero-order valence-electron chi connectivity index (χ0n) is 13.8. The van der Waals surface area contributed by atoms with Gasteiger partial charge in [-0.05, 0) is 20.8 Å². The van der Waals surface area contributed by atoms with Gasteiger partial charge in [-0.1, -0.05) is 0 Å². The number of aliphatic carboxylic acids is 1. The van der Waals surface area contributed by atoms with Crippen molar-refractivity contribution in [2.24, 2.45) is 0 Å². The molecule has 2 unspecified atom stereocenters. The van der Waals surface area contributed by atoms with Gasteiger partial charge >= 0.3 is 12.1 Å². The van der Waals surface area contributed by atoms with Gasteiger partial charge in [0.2, 0.25) is 5.91 Å². The second-order valence-electron chi connectivity index (χ2n) is 5.39. The second-order valence-corrected chi connectivity index (χ2v) is 5.39. The number of halogens is 3. The molecule has 1 aromatic rings. The first-order chi connectivity index (χ1) is 11.0. The van der Waals surface area contributed by atoms with E-state index in [0.29, 0.717) is 11.3 Å². The Morgan fingerprint density at radius 2 is 1.96 bits per heavy atom. The van der Waals surface area contributed by atoms with E-state index in [9.17, 15) is 22.8 Å². The van der Waals surface area contributed by atoms with E-state index in [-0.39, 0.29) is 12.2 Å². The van der Waals surface area contributed by atoms with Gasteiger partial charge in [0.05, 0.1) is 18.2 Å². The van der Waals surface area contributed by atoms with Crippen molar-refractivity contribution in [3.8, 4) is 0 Å². The Kier molecular flexibility index (Phi) is 6.35. The fraction of sp³-hybridized carbons (Fsp3) is 0.643. The van der Waals surface area contributed by atoms with E-state index in [1.54, 1.807) is 0 Å². The Morgan fingerprint density at radius 1 is 1.38 bits per heavy atom. The van der Waals surface area contributed by atoms with Gasteiger partial charge in [-0.25, -0.2) is 4.79 Å². The van der Waals surface area contributed by atoms with Crippen LogP contribution < -0.4 is 5.32 Å². The van der Waals surface area contributed by atoms with Crippen LogP contribution in [0.3, 0.4) is 0 Å². The number of rotatable bonds is 7. The van der Waals surface area contributed by atoms with Crippen molar-refractivity contribution < 1.29 is 32.6 Å². The van der Waals surface area contributed by atoms with Crippen LogP contribution in [0.2, 0.25) is 0 Å². The van der Waals surface area contributed by atoms with Crippen LogP contribution in [0.1, 0.15) is 29.8 Å². The predicted octanol–water partition coefficient (Wildman–Crippen LogP) is 1.38. The molecule has 136 valence electrons. The van der Waals surface area contributed by atoms with Crippen molar-refractivity contribution in [2.75, 3.05) is 13.7 Å². The van der Waals surface area contributed by atoms with E-state index in [0.717, 1.165) is 4.68 Å². The van der Waals surface area contributed by atoms with Crippen molar-refractivity contribution in [1.82, 2.24) is 15.1 Å². The first kappa shape index (κ1) is 19.9. The lowest BCUT2D eigenvalue weighted by atomic mass is 9.98. The number of nitrogens with one attached hydrogen (secondary N) is 1. The van der Waals surface area contributed by atoms with Crippen LogP contribution in [0, 0.1) is 13.8 Å². The largest absolute Gasteiger partial charge is 0.479 e. The number of hydrogen-bond acceptors (Lipinski definition) is 4. The molecule has 0 aliphatic carbocycles. The number of nitrogens with zero attached hydrogens (tertiary/aromatic N) is 2. The third-order valence-corrected chi connectivity index (χ3v) is 3.61. The molecule has 7 nitrogen and oxygen atoms in total. The Morgan fingerprint density at radius 3 is 2.42 bits per heavy atom. The molecule has 1 heterocycles. The fourth-order valence-corrected chi connectivity index (χ4v) is 2.41. The molecule has 2 N–H and O–H groups in total. The number of ether oxygens (including phenoxy) is 1. The van der Waals surface area contributed by atoms with Crippen molar-refractivity contribution in [3.05, 3.63) is 17.0 Å². The van der Waals surface area contributed by atoms with Crippen LogP contribution in [-0.2, 0) is 20.9 Å². The number of aromatic nitrogens is 2. The quantitative estimate of drug-likeness (QED) is 0.774. The molecule has 0 aliphatic rings. The number of alkyl halides is 3. The van der Waals surface area contributed by atoms with Gasteiger partial charge in [-0.3, -0.25) is 9.48 Å². The third kappa shape index (κ3) is 4.95. The summed E-state index contributed by atoms with van der Waals surface area (Å²) in [6.07, 6.45) is -5.62. The number of carbonyl (C=O) groups excluding carboxylic acids is 1. The van der Waals surface area contributed by atoms with E-state index < -0.39 is 36.6 Å². The van der Waals surface area contributed by atoms with Crippen LogP contribution >= 0.6 is 0 Å². The molecule has 10 heteroatoms. The lowest BCUT2D eigenvalue weighted by Crippen LogP contribution is -2.39. The van der Waals surface area contributed by atoms with Gasteiger partial charge in [-0.15, -0.1) is 0 Å². The number of methoxy groups -OCH3 is 1. The van der Waals surface area contributed by atoms with E-state index in [1.807, 2.05) is 0 Å². The van der Waals surface area contributed by atoms with Gasteiger partial charge in [0, 0.05) is 18.4 Å². The number of amides is 1. The van der Waals surface area contributed by atoms with Crippen molar-refractivity contribution in [2.45, 2.75) is 45.5 Å². The molecule has 0 fully saturated rings. The molecule has 0 spiro atoms. The van der Waals surface area contributed by atoms with Crippen LogP contribution in [0.4, 0.5) is 13.2 Å². The van der Waals surface area contributed by atoms with Crippen LogP contribution in [0.25, 0.3) is 0 Å². The number of hydrogen-bond donors (Lipinski definition) is 2. The minimum Gasteiger partial charge on any atom is -0.479 e. The molecule has 0 radical (unpaired) electrons. The average Bonchev–Trinajstić information content (AvgIpc) is 2.70. The summed E-state index contributed by atoms with van der Waals surface area (Å²) in [7, 11) is 1.20. The van der Waals surface area contributed by atoms with E-state index in [1.165, 1.54) is 27.9 Å². The van der Waals surface area contributed by atoms with Gasteiger partial charge in [-0.2, -0.15) is 18.3 Å². The summed E-state index contributed by atoms with van der Waals surface area (Å²) < 4.78 is 43.1. The highest BCUT2D eigenvalue weighted by atomic mass is 19.4. The highest BCUT2D eigenvalue weighted by Gasteiger charge is 2.32. The van der Waals surface area contributed by atoms with Gasteiger partial charge < -0.3 is 15.2 Å². The fourth-order valence-electron chi connectivity index (χ4n) is 2.41. The Balaban J connectivity index is 2.89. The van der Waals surface area contributed by atoms with Gasteiger partial charge in [0.25, 0.3) is 0 Å². The molecule has 1 amide bonds. The summed E-state index contributed by atoms with van der Waals surface area (Å²) in [6.45, 7) is 3.02. The molecular formula is C14H20F3N3O4. The van der Waals surface area contributed by atoms with Crippen molar-refractivity contribution >= 4 is 11.9 Å². The standard InChI is InChI=1S/C14H20F3N3O4/c1-7(12(21)18-5-10(24-4)13(22)23)11-8(2)19-20(9(11)3)6-14(15,16)17/h7,10H,5-6H2,1-4H3,(H,18,21)(H,22,23). The molecule has 0 saturated carbocycles. The summed E-state index contributed by atoms with van der Waals surface area (Å²) in [5, 5.41) is 15.1. The Bertz CT molecular complexity index is 613. The zero-order chi connectivity index (χ0) is 18.7. The minimum absolute atomic E-state index is 0.244. The summed E-state index contributed by atoms with van der Waals surface area (Å²) in [4.78, 5) is 23.0. The normalized spacial score (nSPS) is 14.3. The van der Waals surface area contributed by atoms with E-state index in [2.05, 4.69) is 10.4 Å². The van der Waals surface area contributed by atoms with Gasteiger partial charge in [0.1, 0.15) is 6.54 Å². The molecule has 2 atom stereocenters. The molecule has 1 aromatic heterocycles. The number of carboxylic acid groups (broad SMARTS) is 1. The SMILES string of the molecule is COC(CNC(=O)C(C)c1c(C)nn(CC(F)(F)F)c1C)C(=O)O. The summed E-state index contributed by atoms with van der Waals surface area (Å²) in [5.74, 6) is -2.52. The maximum atomic E-state index is 12.5. The number of carbonyl (C=O) groups is 2. The summed E-state index contributed by atoms with van der Waals surface area (Å²) in [6, 6.07) is 0. The lowest BCUT2D eigenvalue weighted by molar-refractivity contribution is -0.148. The van der Waals surface area contributed by atoms with Crippen molar-refractivity contribution in [3.63, 3.8) is 0 Å². The third-order valence-electron chi connectivity index (χ3n) is 3.61. The zero-order valence-corrected chi connectivity index (χ0v) is 13.8. The summed E-state index contributed by atoms with van der Waals surface area (Å²) >= 11 is 0. The first-order valence-corrected chi connectivity index (χ1v) is 7.11. The molecule has 0 saturated heterocycles.